The molecule has 1 aliphatic heterocycles. The van der Waals surface area contributed by atoms with Crippen LogP contribution >= 0.6 is 0 Å². The Balaban J connectivity index is 2.66. The summed E-state index contributed by atoms with van der Waals surface area (Å²) < 4.78 is 49.9. The number of carbonyl (C=O) groups is 2. The third-order valence-corrected chi connectivity index (χ3v) is 3.09. The summed E-state index contributed by atoms with van der Waals surface area (Å²) in [4.78, 5) is 30.4. The summed E-state index contributed by atoms with van der Waals surface area (Å²) in [6, 6.07) is -6.32. The molecule has 1 aromatic rings. The molecule has 19 heavy (non-hydrogen) atoms. The summed E-state index contributed by atoms with van der Waals surface area (Å²) in [6.45, 7) is 0. The van der Waals surface area contributed by atoms with Crippen molar-refractivity contribution in [2.24, 2.45) is 0 Å². The Morgan fingerprint density at radius 1 is 1.42 bits per heavy atom. The van der Waals surface area contributed by atoms with E-state index in [0.29, 0.717) is 11.9 Å². The van der Waals surface area contributed by atoms with E-state index >= 15 is 0 Å². The molecule has 0 fully saturated rings. The third kappa shape index (κ3) is 1.43. The average molecular weight is 281 g/mol. The molecule has 0 aliphatic carbocycles. The fourth-order valence-corrected chi connectivity index (χ4v) is 1.86. The molecule has 1 unspecified atom stereocenters. The van der Waals surface area contributed by atoms with Crippen molar-refractivity contribution in [2.75, 3.05) is 19.0 Å². The van der Waals surface area contributed by atoms with Gasteiger partial charge in [0.2, 0.25) is 0 Å². The zero-order valence-electron chi connectivity index (χ0n) is 9.82. The first-order chi connectivity index (χ1) is 8.65. The van der Waals surface area contributed by atoms with Gasteiger partial charge in [-0.25, -0.2) is 19.5 Å². The number of rotatable bonds is 2. The molecule has 0 spiro atoms. The fraction of sp³-hybridized carbons (Fsp3) is 0.444. The molecule has 0 bridgehead atoms. The number of quaternary nitrogens is 1. The van der Waals surface area contributed by atoms with Crippen molar-refractivity contribution in [3.63, 3.8) is 0 Å². The van der Waals surface area contributed by atoms with E-state index in [4.69, 9.17) is 0 Å². The summed E-state index contributed by atoms with van der Waals surface area (Å²) in [7, 11) is 1.53. The van der Waals surface area contributed by atoms with E-state index in [9.17, 15) is 27.2 Å². The Bertz CT molecular complexity index is 558. The minimum Gasteiger partial charge on any atom is -0.335 e. The highest BCUT2D eigenvalue weighted by Crippen LogP contribution is 2.40. The number of hydrogen-bond acceptors (Lipinski definition) is 3. The van der Waals surface area contributed by atoms with Crippen molar-refractivity contribution >= 4 is 17.8 Å². The van der Waals surface area contributed by atoms with Crippen LogP contribution in [0.25, 0.3) is 0 Å². The minimum absolute atomic E-state index is 0.171. The summed E-state index contributed by atoms with van der Waals surface area (Å²) >= 11 is 0. The largest absolute Gasteiger partial charge is 0.467 e. The topological polar surface area (TPSA) is 66.1 Å². The zero-order chi connectivity index (χ0) is 14.6. The van der Waals surface area contributed by atoms with Gasteiger partial charge < -0.3 is 4.98 Å². The normalized spacial score (nSPS) is 24.1. The number of urea groups is 1. The molecule has 1 N–H and O–H groups in total. The summed E-state index contributed by atoms with van der Waals surface area (Å²) in [5, 5.41) is 0. The minimum atomic E-state index is -4.84. The van der Waals surface area contributed by atoms with Crippen LogP contribution in [0.15, 0.2) is 6.33 Å². The highest BCUT2D eigenvalue weighted by Gasteiger charge is 2.70. The first kappa shape index (κ1) is 13.5. The third-order valence-electron chi connectivity index (χ3n) is 3.09. The smallest absolute Gasteiger partial charge is 0.335 e. The van der Waals surface area contributed by atoms with Gasteiger partial charge in [-0.05, 0) is 0 Å². The summed E-state index contributed by atoms with van der Waals surface area (Å²) in [5.41, 5.74) is -0.412. The quantitative estimate of drug-likeness (QED) is 0.506. The van der Waals surface area contributed by atoms with Crippen LogP contribution in [0, 0.1) is 0 Å². The molecule has 2 heterocycles. The molecule has 1 atom stereocenters. The molecule has 1 aromatic heterocycles. The van der Waals surface area contributed by atoms with Gasteiger partial charge in [-0.2, -0.15) is 8.78 Å². The van der Waals surface area contributed by atoms with Crippen LogP contribution in [0.4, 0.5) is 28.2 Å². The Morgan fingerprint density at radius 3 is 2.53 bits per heavy atom. The van der Waals surface area contributed by atoms with Crippen LogP contribution in [0.1, 0.15) is 10.5 Å². The number of anilines is 1. The van der Waals surface area contributed by atoms with Gasteiger partial charge in [-0.3, -0.25) is 0 Å². The molecule has 104 valence electrons. The Hall–Kier alpha value is -1.97. The lowest BCUT2D eigenvalue weighted by Crippen LogP contribution is -2.71. The van der Waals surface area contributed by atoms with E-state index in [1.54, 1.807) is 0 Å². The highest BCUT2D eigenvalue weighted by atomic mass is 19.3. The van der Waals surface area contributed by atoms with E-state index < -0.39 is 34.6 Å². The molecule has 10 heteroatoms. The van der Waals surface area contributed by atoms with Gasteiger partial charge in [0.05, 0.1) is 13.4 Å². The molecule has 0 radical (unpaired) electrons. The lowest BCUT2D eigenvalue weighted by Gasteiger charge is -2.38. The second-order valence-corrected chi connectivity index (χ2v) is 4.14. The van der Waals surface area contributed by atoms with Crippen LogP contribution in [0.2, 0.25) is 0 Å². The number of aromatic amines is 1. The molecule has 0 saturated heterocycles. The maximum Gasteiger partial charge on any atom is 0.467 e. The molecule has 0 saturated carbocycles. The number of fused-ring (bicyclic) bond motifs is 1. The van der Waals surface area contributed by atoms with Gasteiger partial charge in [0.15, 0.2) is 11.5 Å². The zero-order valence-corrected chi connectivity index (χ0v) is 9.82. The van der Waals surface area contributed by atoms with E-state index in [2.05, 4.69) is 9.97 Å². The van der Waals surface area contributed by atoms with E-state index in [0.717, 1.165) is 13.4 Å². The Morgan fingerprint density at radius 2 is 2.00 bits per heavy atom. The second kappa shape index (κ2) is 3.76. The van der Waals surface area contributed by atoms with Crippen molar-refractivity contribution in [1.82, 2.24) is 9.97 Å². The lowest BCUT2D eigenvalue weighted by molar-refractivity contribution is -0.861. The van der Waals surface area contributed by atoms with E-state index in [1.165, 1.54) is 0 Å². The van der Waals surface area contributed by atoms with Crippen LogP contribution in [0.5, 0.6) is 0 Å². The molecular weight excluding hydrogens is 272 g/mol. The Kier molecular flexibility index (Phi) is 2.66. The maximum absolute atomic E-state index is 13.6. The predicted octanol–water partition coefficient (Wildman–Crippen LogP) is 1.42. The SMILES string of the molecule is CN1C(=O)[N+](C)(C(F)(F)C(F)F)C(=O)c2[nH]cnc21. The van der Waals surface area contributed by atoms with Gasteiger partial charge in [0, 0.05) is 7.05 Å². The number of H-pyrrole nitrogens is 1. The molecule has 3 amide bonds. The van der Waals surface area contributed by atoms with Crippen LogP contribution in [-0.2, 0) is 0 Å². The van der Waals surface area contributed by atoms with Gasteiger partial charge in [-0.15, -0.1) is 13.3 Å². The number of nitrogens with one attached hydrogen (secondary N) is 1. The first-order valence-corrected chi connectivity index (χ1v) is 5.04. The number of amides is 3. The highest BCUT2D eigenvalue weighted by molar-refractivity contribution is 6.07. The number of nitrogens with zero attached hydrogens (tertiary/aromatic N) is 3. The van der Waals surface area contributed by atoms with Crippen molar-refractivity contribution in [3.05, 3.63) is 12.0 Å². The number of halogens is 4. The van der Waals surface area contributed by atoms with Crippen LogP contribution in [-0.4, -0.2) is 53.0 Å². The van der Waals surface area contributed by atoms with E-state index in [1.807, 2.05) is 0 Å². The van der Waals surface area contributed by atoms with Crippen molar-refractivity contribution in [1.29, 1.82) is 0 Å². The molecule has 6 nitrogen and oxygen atoms in total. The van der Waals surface area contributed by atoms with Gasteiger partial charge in [-0.1, -0.05) is 0 Å². The predicted molar refractivity (Wildman–Crippen MR) is 53.9 cm³/mol. The summed E-state index contributed by atoms with van der Waals surface area (Å²) in [6.07, 6.45) is -3.15. The number of hydrogen-bond donors (Lipinski definition) is 1. The van der Waals surface area contributed by atoms with Crippen molar-refractivity contribution < 1.29 is 31.6 Å². The fourth-order valence-electron chi connectivity index (χ4n) is 1.86. The maximum atomic E-state index is 13.6. The standard InChI is InChI=1S/C9H8F4N4O2/c1-16-5-4(14-3-15-5)6(18)17(2,8(16)19)9(12,13)7(10)11/h3,7H,1-2H3/p+1. The number of imidazole rings is 1. The lowest BCUT2D eigenvalue weighted by atomic mass is 10.2. The Labute approximate surface area is 104 Å². The number of aromatic nitrogens is 2. The van der Waals surface area contributed by atoms with Gasteiger partial charge >= 0.3 is 24.4 Å². The molecular formula is C9H9F4N4O2+. The number of alkyl halides is 4. The first-order valence-electron chi connectivity index (χ1n) is 5.04. The number of imide groups is 1. The van der Waals surface area contributed by atoms with Gasteiger partial charge in [0.25, 0.3) is 0 Å². The number of carbonyl (C=O) groups excluding carboxylic acids is 2. The molecule has 2 rings (SSSR count). The molecule has 0 aromatic carbocycles. The van der Waals surface area contributed by atoms with Crippen molar-refractivity contribution in [2.45, 2.75) is 12.5 Å². The monoisotopic (exact) mass is 281 g/mol. The summed E-state index contributed by atoms with van der Waals surface area (Å²) in [5.74, 6) is -1.63. The average Bonchev–Trinajstić information content (AvgIpc) is 2.82. The van der Waals surface area contributed by atoms with E-state index in [-0.39, 0.29) is 5.82 Å². The van der Waals surface area contributed by atoms with Crippen LogP contribution in [0.3, 0.4) is 0 Å². The van der Waals surface area contributed by atoms with Crippen molar-refractivity contribution in [3.8, 4) is 0 Å². The van der Waals surface area contributed by atoms with Crippen LogP contribution < -0.4 is 4.90 Å². The molecule has 1 aliphatic rings. The van der Waals surface area contributed by atoms with Gasteiger partial charge in [0.1, 0.15) is 0 Å². The second-order valence-electron chi connectivity index (χ2n) is 4.14.